The molecular weight excluding hydrogens is 386 g/mol. The molecule has 2 aromatic carbocycles. The first kappa shape index (κ1) is 17.9. The molecule has 1 heterocycles. The average Bonchev–Trinajstić information content (AvgIpc) is 3.39. The van der Waals surface area contributed by atoms with Crippen molar-refractivity contribution in [1.29, 1.82) is 0 Å². The molecule has 1 atom stereocenters. The van der Waals surface area contributed by atoms with E-state index in [0.29, 0.717) is 4.88 Å². The van der Waals surface area contributed by atoms with E-state index in [4.69, 9.17) is 4.74 Å². The van der Waals surface area contributed by atoms with Gasteiger partial charge in [0.1, 0.15) is 11.5 Å². The van der Waals surface area contributed by atoms with Crippen LogP contribution >= 0.6 is 11.3 Å². The van der Waals surface area contributed by atoms with Crippen LogP contribution in [0.2, 0.25) is 0 Å². The number of amides is 1. The van der Waals surface area contributed by atoms with Crippen LogP contribution in [0.15, 0.2) is 54.6 Å². The Morgan fingerprint density at radius 2 is 1.69 bits per heavy atom. The lowest BCUT2D eigenvalue weighted by Gasteiger charge is -2.17. The Kier molecular flexibility index (Phi) is 4.36. The van der Waals surface area contributed by atoms with E-state index in [1.807, 2.05) is 24.3 Å². The number of rotatable bonds is 4. The largest absolute Gasteiger partial charge is 0.477 e. The highest BCUT2D eigenvalue weighted by atomic mass is 32.1. The van der Waals surface area contributed by atoms with Crippen molar-refractivity contribution in [3.63, 3.8) is 0 Å². The lowest BCUT2D eigenvalue weighted by molar-refractivity contribution is 0.0702. The van der Waals surface area contributed by atoms with Gasteiger partial charge >= 0.3 is 12.1 Å². The smallest absolute Gasteiger partial charge is 0.407 e. The number of hydrogen-bond acceptors (Lipinski definition) is 4. The Morgan fingerprint density at radius 3 is 2.34 bits per heavy atom. The third-order valence-corrected chi connectivity index (χ3v) is 6.92. The predicted molar refractivity (Wildman–Crippen MR) is 111 cm³/mol. The van der Waals surface area contributed by atoms with Gasteiger partial charge in [0.05, 0.1) is 6.04 Å². The van der Waals surface area contributed by atoms with E-state index < -0.39 is 12.1 Å². The van der Waals surface area contributed by atoms with Crippen molar-refractivity contribution in [1.82, 2.24) is 5.32 Å². The lowest BCUT2D eigenvalue weighted by atomic mass is 9.98. The van der Waals surface area contributed by atoms with Crippen LogP contribution in [0.5, 0.6) is 0 Å². The SMILES string of the molecule is O=C(NC1CCc2sc(C(=O)O)cc21)OCC1c2ccccc2-c2ccccc21. The van der Waals surface area contributed by atoms with Gasteiger partial charge in [-0.25, -0.2) is 9.59 Å². The molecule has 29 heavy (non-hydrogen) atoms. The summed E-state index contributed by atoms with van der Waals surface area (Å²) in [5.74, 6) is -0.906. The Bertz CT molecular complexity index is 1070. The summed E-state index contributed by atoms with van der Waals surface area (Å²) < 4.78 is 5.61. The molecule has 0 radical (unpaired) electrons. The van der Waals surface area contributed by atoms with Gasteiger partial charge in [0.15, 0.2) is 0 Å². The molecule has 0 saturated heterocycles. The minimum atomic E-state index is -0.927. The molecule has 146 valence electrons. The van der Waals surface area contributed by atoms with E-state index in [1.54, 1.807) is 6.07 Å². The number of thiophene rings is 1. The summed E-state index contributed by atoms with van der Waals surface area (Å²) in [6.07, 6.45) is 1.08. The van der Waals surface area contributed by atoms with E-state index in [9.17, 15) is 14.7 Å². The van der Waals surface area contributed by atoms with Gasteiger partial charge in [-0.1, -0.05) is 48.5 Å². The number of carbonyl (C=O) groups excluding carboxylic acids is 1. The summed E-state index contributed by atoms with van der Waals surface area (Å²) in [5, 5.41) is 12.1. The average molecular weight is 405 g/mol. The van der Waals surface area contributed by atoms with Crippen LogP contribution in [0.1, 0.15) is 49.6 Å². The monoisotopic (exact) mass is 405 g/mol. The van der Waals surface area contributed by atoms with Crippen molar-refractivity contribution >= 4 is 23.4 Å². The number of carbonyl (C=O) groups is 2. The molecule has 2 aliphatic carbocycles. The summed E-state index contributed by atoms with van der Waals surface area (Å²) in [4.78, 5) is 25.0. The molecule has 6 heteroatoms. The molecule has 5 nitrogen and oxygen atoms in total. The number of benzene rings is 2. The number of nitrogens with one attached hydrogen (secondary N) is 1. The second kappa shape index (κ2) is 7.04. The number of ether oxygens (including phenoxy) is 1. The molecule has 2 aliphatic rings. The van der Waals surface area contributed by atoms with Gasteiger partial charge in [-0.2, -0.15) is 0 Å². The Morgan fingerprint density at radius 1 is 1.03 bits per heavy atom. The van der Waals surface area contributed by atoms with Gasteiger partial charge < -0.3 is 15.2 Å². The summed E-state index contributed by atoms with van der Waals surface area (Å²) in [7, 11) is 0. The van der Waals surface area contributed by atoms with Crippen LogP contribution in [0.3, 0.4) is 0 Å². The molecule has 5 rings (SSSR count). The Balaban J connectivity index is 1.28. The van der Waals surface area contributed by atoms with Crippen molar-refractivity contribution in [2.45, 2.75) is 24.8 Å². The molecule has 1 aromatic heterocycles. The van der Waals surface area contributed by atoms with Crippen LogP contribution in [0.25, 0.3) is 11.1 Å². The highest BCUT2D eigenvalue weighted by Crippen LogP contribution is 2.44. The van der Waals surface area contributed by atoms with Crippen LogP contribution in [-0.4, -0.2) is 23.8 Å². The maximum Gasteiger partial charge on any atom is 0.407 e. The minimum absolute atomic E-state index is 0.0204. The molecule has 1 unspecified atom stereocenters. The topological polar surface area (TPSA) is 75.6 Å². The van der Waals surface area contributed by atoms with Crippen molar-refractivity contribution < 1.29 is 19.4 Å². The molecule has 0 spiro atoms. The van der Waals surface area contributed by atoms with Crippen molar-refractivity contribution in [2.75, 3.05) is 6.61 Å². The highest BCUT2D eigenvalue weighted by Gasteiger charge is 2.31. The molecule has 1 amide bonds. The summed E-state index contributed by atoms with van der Waals surface area (Å²) in [6.45, 7) is 0.267. The third-order valence-electron chi connectivity index (χ3n) is 5.72. The number of aryl methyl sites for hydroxylation is 1. The van der Waals surface area contributed by atoms with Gasteiger partial charge in [-0.05, 0) is 46.7 Å². The first-order valence-corrected chi connectivity index (χ1v) is 10.4. The zero-order valence-electron chi connectivity index (χ0n) is 15.6. The van der Waals surface area contributed by atoms with Gasteiger partial charge in [-0.15, -0.1) is 11.3 Å². The van der Waals surface area contributed by atoms with Gasteiger partial charge in [0, 0.05) is 10.8 Å². The van der Waals surface area contributed by atoms with Gasteiger partial charge in [0.25, 0.3) is 0 Å². The number of aromatic carboxylic acids is 1. The van der Waals surface area contributed by atoms with Crippen LogP contribution < -0.4 is 5.32 Å². The van der Waals surface area contributed by atoms with Crippen LogP contribution in [-0.2, 0) is 11.2 Å². The number of carboxylic acids is 1. The number of hydrogen-bond donors (Lipinski definition) is 2. The maximum absolute atomic E-state index is 12.5. The van der Waals surface area contributed by atoms with E-state index in [0.717, 1.165) is 23.3 Å². The zero-order valence-corrected chi connectivity index (χ0v) is 16.4. The Labute approximate surface area is 172 Å². The van der Waals surface area contributed by atoms with Crippen molar-refractivity contribution in [2.24, 2.45) is 0 Å². The van der Waals surface area contributed by atoms with Gasteiger partial charge in [-0.3, -0.25) is 0 Å². The van der Waals surface area contributed by atoms with E-state index in [2.05, 4.69) is 29.6 Å². The van der Waals surface area contributed by atoms with Crippen molar-refractivity contribution in [3.8, 4) is 11.1 Å². The Hall–Kier alpha value is -3.12. The second-order valence-electron chi connectivity index (χ2n) is 7.36. The van der Waals surface area contributed by atoms with Gasteiger partial charge in [0.2, 0.25) is 0 Å². The van der Waals surface area contributed by atoms with E-state index in [-0.39, 0.29) is 18.6 Å². The fourth-order valence-corrected chi connectivity index (χ4v) is 5.48. The molecule has 3 aromatic rings. The summed E-state index contributed by atoms with van der Waals surface area (Å²) in [5.41, 5.74) is 5.64. The molecule has 2 N–H and O–H groups in total. The minimum Gasteiger partial charge on any atom is -0.477 e. The fraction of sp³-hybridized carbons (Fsp3) is 0.217. The second-order valence-corrected chi connectivity index (χ2v) is 8.49. The van der Waals surface area contributed by atoms with E-state index >= 15 is 0 Å². The maximum atomic E-state index is 12.5. The predicted octanol–water partition coefficient (Wildman–Crippen LogP) is 4.97. The lowest BCUT2D eigenvalue weighted by Crippen LogP contribution is -2.29. The molecule has 0 fully saturated rings. The summed E-state index contributed by atoms with van der Waals surface area (Å²) in [6, 6.07) is 17.9. The normalized spacial score (nSPS) is 16.8. The van der Waals surface area contributed by atoms with E-state index in [1.165, 1.54) is 33.6 Å². The first-order chi connectivity index (χ1) is 14.1. The third kappa shape index (κ3) is 3.09. The van der Waals surface area contributed by atoms with Crippen molar-refractivity contribution in [3.05, 3.63) is 81.0 Å². The van der Waals surface area contributed by atoms with Crippen LogP contribution in [0.4, 0.5) is 4.79 Å². The number of carboxylic acid groups (broad SMARTS) is 1. The summed E-state index contributed by atoms with van der Waals surface area (Å²) >= 11 is 1.29. The fourth-order valence-electron chi connectivity index (χ4n) is 4.40. The zero-order chi connectivity index (χ0) is 20.0. The molecule has 0 bridgehead atoms. The number of fused-ring (bicyclic) bond motifs is 4. The standard InChI is InChI=1S/C23H19NO4S/c25-22(26)21-11-17-19(9-10-20(17)29-21)24-23(27)28-12-18-15-7-3-1-5-13(15)14-6-2-4-8-16(14)18/h1-8,11,18-19H,9-10,12H2,(H,24,27)(H,25,26). The number of alkyl carbamates (subject to hydrolysis) is 1. The first-order valence-electron chi connectivity index (χ1n) is 9.59. The highest BCUT2D eigenvalue weighted by molar-refractivity contribution is 7.14. The quantitative estimate of drug-likeness (QED) is 0.642. The molecular formula is C23H19NO4S. The molecule has 0 aliphatic heterocycles. The molecule has 0 saturated carbocycles. The van der Waals surface area contributed by atoms with Crippen LogP contribution in [0, 0.1) is 0 Å².